The fourth-order valence-corrected chi connectivity index (χ4v) is 3.10. The monoisotopic (exact) mass is 252 g/mol. The number of carbonyl (C=O) groups is 1. The lowest BCUT2D eigenvalue weighted by Crippen LogP contribution is -2.16. The Kier molecular flexibility index (Phi) is 3.59. The Morgan fingerprint density at radius 3 is 2.88 bits per heavy atom. The van der Waals surface area contributed by atoms with Crippen LogP contribution < -0.4 is 11.5 Å². The molecule has 5 heteroatoms. The number of nitrogen functional groups attached to an aromatic ring is 1. The molecule has 1 aromatic carbocycles. The second kappa shape index (κ2) is 4.98. The van der Waals surface area contributed by atoms with Crippen molar-refractivity contribution in [3.63, 3.8) is 0 Å². The standard InChI is InChI=1S/C12H16N2O2S/c1-7-9(5-6-16-7)17-10-4-2-3-8(11(10)13)12(14)15/h2-4,7,9H,5-6,13H2,1H3,(H2,14,15). The van der Waals surface area contributed by atoms with Crippen molar-refractivity contribution in [2.45, 2.75) is 29.6 Å². The molecule has 0 radical (unpaired) electrons. The number of thioether (sulfide) groups is 1. The first kappa shape index (κ1) is 12.3. The first-order valence-electron chi connectivity index (χ1n) is 5.56. The van der Waals surface area contributed by atoms with Crippen molar-refractivity contribution in [3.8, 4) is 0 Å². The van der Waals surface area contributed by atoms with Gasteiger partial charge in [-0.1, -0.05) is 6.07 Å². The zero-order chi connectivity index (χ0) is 12.4. The molecular weight excluding hydrogens is 236 g/mol. The maximum absolute atomic E-state index is 11.2. The highest BCUT2D eigenvalue weighted by atomic mass is 32.2. The number of primary amides is 1. The maximum Gasteiger partial charge on any atom is 0.250 e. The van der Waals surface area contributed by atoms with Crippen LogP contribution in [0.15, 0.2) is 23.1 Å². The van der Waals surface area contributed by atoms with E-state index in [1.807, 2.05) is 6.07 Å². The van der Waals surface area contributed by atoms with E-state index in [9.17, 15) is 4.79 Å². The first-order valence-corrected chi connectivity index (χ1v) is 6.44. The summed E-state index contributed by atoms with van der Waals surface area (Å²) in [5.41, 5.74) is 12.1. The third-order valence-electron chi connectivity index (χ3n) is 2.92. The van der Waals surface area contributed by atoms with Crippen molar-refractivity contribution >= 4 is 23.4 Å². The summed E-state index contributed by atoms with van der Waals surface area (Å²) in [6, 6.07) is 5.37. The second-order valence-electron chi connectivity index (χ2n) is 4.10. The lowest BCUT2D eigenvalue weighted by atomic mass is 10.2. The SMILES string of the molecule is CC1OCCC1Sc1cccc(C(N)=O)c1N. The summed E-state index contributed by atoms with van der Waals surface area (Å²) in [6.07, 6.45) is 1.23. The maximum atomic E-state index is 11.2. The van der Waals surface area contributed by atoms with E-state index < -0.39 is 5.91 Å². The Hall–Kier alpha value is -1.20. The fraction of sp³-hybridized carbons (Fsp3) is 0.417. The van der Waals surface area contributed by atoms with Crippen LogP contribution in [0.1, 0.15) is 23.7 Å². The van der Waals surface area contributed by atoms with Gasteiger partial charge in [0.15, 0.2) is 0 Å². The number of rotatable bonds is 3. The normalized spacial score (nSPS) is 23.8. The minimum absolute atomic E-state index is 0.219. The molecule has 0 aliphatic carbocycles. The van der Waals surface area contributed by atoms with Crippen LogP contribution in [0.2, 0.25) is 0 Å². The van der Waals surface area contributed by atoms with Crippen molar-refractivity contribution in [1.29, 1.82) is 0 Å². The summed E-state index contributed by atoms with van der Waals surface area (Å²) in [7, 11) is 0. The lowest BCUT2D eigenvalue weighted by molar-refractivity contribution is 0.100. The molecule has 1 aromatic rings. The van der Waals surface area contributed by atoms with Gasteiger partial charge in [-0.25, -0.2) is 0 Å². The molecule has 4 nitrogen and oxygen atoms in total. The molecule has 1 aliphatic rings. The van der Waals surface area contributed by atoms with E-state index in [0.29, 0.717) is 16.5 Å². The van der Waals surface area contributed by atoms with E-state index in [1.54, 1.807) is 23.9 Å². The Morgan fingerprint density at radius 1 is 1.53 bits per heavy atom. The molecule has 17 heavy (non-hydrogen) atoms. The van der Waals surface area contributed by atoms with Crippen LogP contribution in [0.25, 0.3) is 0 Å². The molecule has 0 bridgehead atoms. The molecule has 1 amide bonds. The van der Waals surface area contributed by atoms with Gasteiger partial charge in [0.05, 0.1) is 17.4 Å². The molecule has 2 unspecified atom stereocenters. The average Bonchev–Trinajstić information content (AvgIpc) is 2.67. The van der Waals surface area contributed by atoms with Crippen molar-refractivity contribution in [2.24, 2.45) is 5.73 Å². The van der Waals surface area contributed by atoms with Gasteiger partial charge in [0.1, 0.15) is 0 Å². The number of benzene rings is 1. The van der Waals surface area contributed by atoms with Crippen LogP contribution in [-0.4, -0.2) is 23.9 Å². The van der Waals surface area contributed by atoms with E-state index in [4.69, 9.17) is 16.2 Å². The van der Waals surface area contributed by atoms with Gasteiger partial charge in [-0.15, -0.1) is 11.8 Å². The Bertz CT molecular complexity index is 437. The molecule has 1 fully saturated rings. The number of ether oxygens (including phenoxy) is 1. The topological polar surface area (TPSA) is 78.3 Å². The molecule has 0 spiro atoms. The number of amides is 1. The molecule has 92 valence electrons. The number of anilines is 1. The third kappa shape index (κ3) is 2.56. The molecule has 2 atom stereocenters. The van der Waals surface area contributed by atoms with Crippen LogP contribution in [0, 0.1) is 0 Å². The van der Waals surface area contributed by atoms with E-state index in [1.165, 1.54) is 0 Å². The Labute approximate surface area is 105 Å². The van der Waals surface area contributed by atoms with Crippen molar-refractivity contribution in [1.82, 2.24) is 0 Å². The minimum Gasteiger partial charge on any atom is -0.397 e. The lowest BCUT2D eigenvalue weighted by Gasteiger charge is -2.15. The van der Waals surface area contributed by atoms with Gasteiger partial charge in [0.2, 0.25) is 0 Å². The highest BCUT2D eigenvalue weighted by Crippen LogP contribution is 2.36. The number of hydrogen-bond acceptors (Lipinski definition) is 4. The average molecular weight is 252 g/mol. The number of para-hydroxylation sites is 1. The van der Waals surface area contributed by atoms with Gasteiger partial charge in [-0.05, 0) is 25.5 Å². The van der Waals surface area contributed by atoms with Gasteiger partial charge in [-0.2, -0.15) is 0 Å². The van der Waals surface area contributed by atoms with E-state index in [2.05, 4.69) is 6.92 Å². The molecule has 1 saturated heterocycles. The fourth-order valence-electron chi connectivity index (χ4n) is 1.89. The molecular formula is C12H16N2O2S. The van der Waals surface area contributed by atoms with Crippen molar-refractivity contribution in [2.75, 3.05) is 12.3 Å². The van der Waals surface area contributed by atoms with Crippen molar-refractivity contribution < 1.29 is 9.53 Å². The van der Waals surface area contributed by atoms with E-state index in [0.717, 1.165) is 17.9 Å². The zero-order valence-electron chi connectivity index (χ0n) is 9.68. The first-order chi connectivity index (χ1) is 8.09. The Morgan fingerprint density at radius 2 is 2.29 bits per heavy atom. The predicted molar refractivity (Wildman–Crippen MR) is 69.0 cm³/mol. The van der Waals surface area contributed by atoms with Crippen LogP contribution >= 0.6 is 11.8 Å². The molecule has 1 heterocycles. The zero-order valence-corrected chi connectivity index (χ0v) is 10.5. The number of carbonyl (C=O) groups excluding carboxylic acids is 1. The highest BCUT2D eigenvalue weighted by molar-refractivity contribution is 8.00. The quantitative estimate of drug-likeness (QED) is 0.802. The molecule has 0 aromatic heterocycles. The molecule has 0 saturated carbocycles. The second-order valence-corrected chi connectivity index (χ2v) is 5.38. The molecule has 1 aliphatic heterocycles. The molecule has 2 rings (SSSR count). The van der Waals surface area contributed by atoms with Gasteiger partial charge in [0, 0.05) is 16.8 Å². The van der Waals surface area contributed by atoms with Gasteiger partial charge in [0.25, 0.3) is 5.91 Å². The van der Waals surface area contributed by atoms with E-state index in [-0.39, 0.29) is 6.10 Å². The van der Waals surface area contributed by atoms with Gasteiger partial charge < -0.3 is 16.2 Å². The van der Waals surface area contributed by atoms with Crippen LogP contribution in [0.4, 0.5) is 5.69 Å². The minimum atomic E-state index is -0.485. The summed E-state index contributed by atoms with van der Waals surface area (Å²) in [6.45, 7) is 2.84. The predicted octanol–water partition coefficient (Wildman–Crippen LogP) is 1.64. The number of hydrogen-bond donors (Lipinski definition) is 2. The van der Waals surface area contributed by atoms with Crippen molar-refractivity contribution in [3.05, 3.63) is 23.8 Å². The molecule has 4 N–H and O–H groups in total. The summed E-state index contributed by atoms with van der Waals surface area (Å²) < 4.78 is 5.50. The summed E-state index contributed by atoms with van der Waals surface area (Å²) in [4.78, 5) is 12.1. The largest absolute Gasteiger partial charge is 0.397 e. The highest BCUT2D eigenvalue weighted by Gasteiger charge is 2.26. The smallest absolute Gasteiger partial charge is 0.250 e. The van der Waals surface area contributed by atoms with E-state index >= 15 is 0 Å². The third-order valence-corrected chi connectivity index (χ3v) is 4.45. The summed E-state index contributed by atoms with van der Waals surface area (Å²) >= 11 is 1.66. The van der Waals surface area contributed by atoms with Crippen LogP contribution in [-0.2, 0) is 4.74 Å². The van der Waals surface area contributed by atoms with Crippen LogP contribution in [0.5, 0.6) is 0 Å². The Balaban J connectivity index is 2.21. The van der Waals surface area contributed by atoms with Gasteiger partial charge in [-0.3, -0.25) is 4.79 Å². The summed E-state index contributed by atoms with van der Waals surface area (Å²) in [5.74, 6) is -0.485. The number of nitrogens with two attached hydrogens (primary N) is 2. The van der Waals surface area contributed by atoms with Crippen LogP contribution in [0.3, 0.4) is 0 Å². The summed E-state index contributed by atoms with van der Waals surface area (Å²) in [5, 5.41) is 0.389. The van der Waals surface area contributed by atoms with Gasteiger partial charge >= 0.3 is 0 Å².